The van der Waals surface area contributed by atoms with E-state index in [2.05, 4.69) is 21.4 Å². The Morgan fingerprint density at radius 3 is 2.62 bits per heavy atom. The van der Waals surface area contributed by atoms with Crippen molar-refractivity contribution < 1.29 is 23.8 Å². The number of carboxylic acids is 1. The summed E-state index contributed by atoms with van der Waals surface area (Å²) in [6.45, 7) is 1.18. The van der Waals surface area contributed by atoms with Crippen molar-refractivity contribution in [3.8, 4) is 11.5 Å². The molecule has 2 N–H and O–H groups in total. The van der Waals surface area contributed by atoms with Crippen molar-refractivity contribution >= 4 is 17.4 Å². The molecule has 39 heavy (non-hydrogen) atoms. The molecule has 1 aliphatic rings. The monoisotopic (exact) mass is 531 g/mol. The van der Waals surface area contributed by atoms with Gasteiger partial charge in [-0.2, -0.15) is 0 Å². The Balaban J connectivity index is 1.32. The zero-order valence-corrected chi connectivity index (χ0v) is 22.3. The number of amides is 1. The second-order valence-corrected chi connectivity index (χ2v) is 9.85. The third-order valence-corrected chi connectivity index (χ3v) is 6.86. The Bertz CT molecular complexity index is 1210. The molecular weight excluding hydrogens is 494 g/mol. The van der Waals surface area contributed by atoms with Crippen molar-refractivity contribution in [1.29, 1.82) is 0 Å². The van der Waals surface area contributed by atoms with E-state index < -0.39 is 5.97 Å². The number of nitrogens with zero attached hydrogens (tertiary/aromatic N) is 2. The molecular formula is C31H37N3O5. The number of nitrogens with one attached hydrogen (secondary N) is 1. The third kappa shape index (κ3) is 8.89. The van der Waals surface area contributed by atoms with Gasteiger partial charge in [0.1, 0.15) is 6.26 Å². The molecule has 0 spiro atoms. The Hall–Kier alpha value is -3.78. The first-order valence-corrected chi connectivity index (χ1v) is 13.9. The maximum Gasteiger partial charge on any atom is 0.303 e. The number of allylic oxidation sites excluding steroid dienone is 1. The van der Waals surface area contributed by atoms with Gasteiger partial charge in [-0.1, -0.05) is 43.5 Å². The standard InChI is InChI=1S/C31H37N3O5/c35-29(36)13-6-2-5-12-27(25-9-7-18-32-21-25)23-14-16-24(17-15-23)31-34-28(22-39-31)30(37)33-19-8-20-38-26-10-3-1-4-11-26/h7,9,12,14-18,21-22,26H,1-6,8,10-11,13,19-20H2,(H,33,37)(H,35,36). The summed E-state index contributed by atoms with van der Waals surface area (Å²) in [6.07, 6.45) is 16.7. The summed E-state index contributed by atoms with van der Waals surface area (Å²) in [4.78, 5) is 31.9. The summed E-state index contributed by atoms with van der Waals surface area (Å²) in [6, 6.07) is 11.7. The number of carbonyl (C=O) groups is 2. The van der Waals surface area contributed by atoms with Gasteiger partial charge in [0.25, 0.3) is 5.91 Å². The van der Waals surface area contributed by atoms with Gasteiger partial charge in [0.05, 0.1) is 6.10 Å². The number of unbranched alkanes of at least 4 members (excludes halogenated alkanes) is 2. The average molecular weight is 532 g/mol. The Morgan fingerprint density at radius 2 is 1.87 bits per heavy atom. The zero-order valence-electron chi connectivity index (χ0n) is 22.3. The molecule has 0 aliphatic heterocycles. The average Bonchev–Trinajstić information content (AvgIpc) is 3.46. The molecule has 1 aliphatic carbocycles. The normalized spacial score (nSPS) is 14.3. The van der Waals surface area contributed by atoms with E-state index in [0.717, 1.165) is 54.4 Å². The number of carboxylic acid groups (broad SMARTS) is 1. The molecule has 3 aromatic rings. The highest BCUT2D eigenvalue weighted by molar-refractivity contribution is 5.92. The van der Waals surface area contributed by atoms with Crippen molar-refractivity contribution in [3.05, 3.63) is 78.0 Å². The molecule has 4 rings (SSSR count). The maximum absolute atomic E-state index is 12.5. The van der Waals surface area contributed by atoms with Crippen LogP contribution in [0.2, 0.25) is 0 Å². The molecule has 206 valence electrons. The van der Waals surface area contributed by atoms with Crippen LogP contribution in [0.4, 0.5) is 0 Å². The van der Waals surface area contributed by atoms with Gasteiger partial charge >= 0.3 is 5.97 Å². The lowest BCUT2D eigenvalue weighted by Crippen LogP contribution is -2.26. The van der Waals surface area contributed by atoms with Gasteiger partial charge in [-0.05, 0) is 67.9 Å². The Labute approximate surface area is 229 Å². The Morgan fingerprint density at radius 1 is 1.05 bits per heavy atom. The minimum absolute atomic E-state index is 0.176. The van der Waals surface area contributed by atoms with Crippen molar-refractivity contribution in [2.24, 2.45) is 0 Å². The molecule has 1 aromatic carbocycles. The number of pyridine rings is 1. The molecule has 1 amide bonds. The molecule has 2 aromatic heterocycles. The molecule has 8 heteroatoms. The van der Waals surface area contributed by atoms with Crippen LogP contribution in [0.25, 0.3) is 17.0 Å². The van der Waals surface area contributed by atoms with Gasteiger partial charge in [-0.15, -0.1) is 0 Å². The highest BCUT2D eigenvalue weighted by Crippen LogP contribution is 2.27. The number of aromatic nitrogens is 2. The summed E-state index contributed by atoms with van der Waals surface area (Å²) >= 11 is 0. The van der Waals surface area contributed by atoms with Gasteiger partial charge in [-0.3, -0.25) is 14.6 Å². The molecule has 0 bridgehead atoms. The largest absolute Gasteiger partial charge is 0.481 e. The number of carbonyl (C=O) groups excluding carboxylic acids is 1. The molecule has 0 unspecified atom stereocenters. The molecule has 1 fully saturated rings. The van der Waals surface area contributed by atoms with Gasteiger partial charge in [-0.25, -0.2) is 4.98 Å². The SMILES string of the molecule is O=C(O)CCCCC=C(c1ccc(-c2nc(C(=O)NCCCOC3CCCCC3)co2)cc1)c1cccnc1. The van der Waals surface area contributed by atoms with Crippen LogP contribution in [0, 0.1) is 0 Å². The van der Waals surface area contributed by atoms with Gasteiger partial charge in [0.15, 0.2) is 5.69 Å². The first-order chi connectivity index (χ1) is 19.1. The number of benzene rings is 1. The number of aliphatic carboxylic acids is 1. The molecule has 2 heterocycles. The lowest BCUT2D eigenvalue weighted by Gasteiger charge is -2.21. The van der Waals surface area contributed by atoms with Crippen LogP contribution < -0.4 is 5.32 Å². The minimum Gasteiger partial charge on any atom is -0.481 e. The highest BCUT2D eigenvalue weighted by atomic mass is 16.5. The quantitative estimate of drug-likeness (QED) is 0.235. The van der Waals surface area contributed by atoms with Gasteiger partial charge in [0.2, 0.25) is 5.89 Å². The summed E-state index contributed by atoms with van der Waals surface area (Å²) < 4.78 is 11.5. The lowest BCUT2D eigenvalue weighted by atomic mass is 9.96. The molecule has 8 nitrogen and oxygen atoms in total. The molecule has 0 atom stereocenters. The second kappa shape index (κ2) is 15.0. The van der Waals surface area contributed by atoms with Crippen molar-refractivity contribution in [2.75, 3.05) is 13.2 Å². The first-order valence-electron chi connectivity index (χ1n) is 13.9. The van der Waals surface area contributed by atoms with Crippen molar-refractivity contribution in [1.82, 2.24) is 15.3 Å². The van der Waals surface area contributed by atoms with Crippen LogP contribution in [0.15, 0.2) is 65.5 Å². The van der Waals surface area contributed by atoms with E-state index in [-0.39, 0.29) is 18.0 Å². The molecule has 0 radical (unpaired) electrons. The number of hydrogen-bond donors (Lipinski definition) is 2. The summed E-state index contributed by atoms with van der Waals surface area (Å²) in [7, 11) is 0. The van der Waals surface area contributed by atoms with E-state index in [1.165, 1.54) is 25.5 Å². The molecule has 1 saturated carbocycles. The van der Waals surface area contributed by atoms with Gasteiger partial charge in [0, 0.05) is 43.1 Å². The van der Waals surface area contributed by atoms with E-state index >= 15 is 0 Å². The fourth-order valence-corrected chi connectivity index (χ4v) is 4.74. The van der Waals surface area contributed by atoms with Crippen LogP contribution in [-0.4, -0.2) is 46.2 Å². The summed E-state index contributed by atoms with van der Waals surface area (Å²) in [5.41, 5.74) is 4.04. The van der Waals surface area contributed by atoms with Crippen LogP contribution in [0.1, 0.15) is 85.8 Å². The minimum atomic E-state index is -0.770. The van der Waals surface area contributed by atoms with Gasteiger partial charge < -0.3 is 19.6 Å². The smallest absolute Gasteiger partial charge is 0.303 e. The third-order valence-electron chi connectivity index (χ3n) is 6.86. The number of oxazole rings is 1. The highest BCUT2D eigenvalue weighted by Gasteiger charge is 2.15. The second-order valence-electron chi connectivity index (χ2n) is 9.85. The van der Waals surface area contributed by atoms with E-state index in [1.807, 2.05) is 42.6 Å². The lowest BCUT2D eigenvalue weighted by molar-refractivity contribution is -0.137. The predicted molar refractivity (Wildman–Crippen MR) is 149 cm³/mol. The van der Waals surface area contributed by atoms with E-state index in [4.69, 9.17) is 14.3 Å². The fourth-order valence-electron chi connectivity index (χ4n) is 4.74. The number of ether oxygens (including phenoxy) is 1. The van der Waals surface area contributed by atoms with Crippen LogP contribution in [-0.2, 0) is 9.53 Å². The maximum atomic E-state index is 12.5. The fraction of sp³-hybridized carbons (Fsp3) is 0.419. The van der Waals surface area contributed by atoms with Crippen LogP contribution >= 0.6 is 0 Å². The van der Waals surface area contributed by atoms with Crippen LogP contribution in [0.3, 0.4) is 0 Å². The number of rotatable bonds is 14. The van der Waals surface area contributed by atoms with E-state index in [1.54, 1.807) is 6.20 Å². The predicted octanol–water partition coefficient (Wildman–Crippen LogP) is 6.28. The first kappa shape index (κ1) is 28.2. The van der Waals surface area contributed by atoms with Crippen molar-refractivity contribution in [3.63, 3.8) is 0 Å². The number of hydrogen-bond acceptors (Lipinski definition) is 6. The zero-order chi connectivity index (χ0) is 27.3. The van der Waals surface area contributed by atoms with Crippen molar-refractivity contribution in [2.45, 2.75) is 70.3 Å². The molecule has 0 saturated heterocycles. The van der Waals surface area contributed by atoms with E-state index in [0.29, 0.717) is 31.6 Å². The Kier molecular flexibility index (Phi) is 10.8. The van der Waals surface area contributed by atoms with Crippen LogP contribution in [0.5, 0.6) is 0 Å². The summed E-state index contributed by atoms with van der Waals surface area (Å²) in [5.74, 6) is -0.648. The summed E-state index contributed by atoms with van der Waals surface area (Å²) in [5, 5.41) is 11.8. The van der Waals surface area contributed by atoms with E-state index in [9.17, 15) is 9.59 Å². The topological polar surface area (TPSA) is 115 Å².